The Labute approximate surface area is 99.8 Å². The number of rotatable bonds is 7. The van der Waals surface area contributed by atoms with Gasteiger partial charge < -0.3 is 4.74 Å². The minimum Gasteiger partial charge on any atom is -0.469 e. The van der Waals surface area contributed by atoms with Crippen LogP contribution in [0.25, 0.3) is 0 Å². The lowest BCUT2D eigenvalue weighted by Crippen LogP contribution is -2.07. The van der Waals surface area contributed by atoms with Gasteiger partial charge in [0, 0.05) is 6.42 Å². The van der Waals surface area contributed by atoms with Crippen molar-refractivity contribution in [2.75, 3.05) is 7.11 Å². The highest BCUT2D eigenvalue weighted by molar-refractivity contribution is 5.69. The van der Waals surface area contributed by atoms with Crippen LogP contribution < -0.4 is 0 Å². The van der Waals surface area contributed by atoms with Gasteiger partial charge in [-0.25, -0.2) is 0 Å². The number of ether oxygens (including phenoxy) is 1. The molecule has 0 aromatic heterocycles. The highest BCUT2D eigenvalue weighted by Gasteiger charge is 2.17. The van der Waals surface area contributed by atoms with Gasteiger partial charge in [-0.1, -0.05) is 51.9 Å². The summed E-state index contributed by atoms with van der Waals surface area (Å²) in [6, 6.07) is 0. The molecule has 0 aromatic carbocycles. The molecule has 0 aliphatic heterocycles. The molecular weight excluding hydrogens is 200 g/mol. The van der Waals surface area contributed by atoms with Crippen LogP contribution in [0.5, 0.6) is 0 Å². The van der Waals surface area contributed by atoms with Gasteiger partial charge in [0.15, 0.2) is 0 Å². The molecule has 1 rings (SSSR count). The van der Waals surface area contributed by atoms with Crippen molar-refractivity contribution in [1.82, 2.24) is 0 Å². The molecule has 2 heteroatoms. The number of esters is 1. The molecular formula is C14H26O2. The van der Waals surface area contributed by atoms with Crippen molar-refractivity contribution in [2.45, 2.75) is 64.7 Å². The van der Waals surface area contributed by atoms with Crippen LogP contribution in [0.1, 0.15) is 64.7 Å². The average molecular weight is 226 g/mol. The fourth-order valence-electron chi connectivity index (χ4n) is 2.75. The van der Waals surface area contributed by atoms with E-state index in [4.69, 9.17) is 0 Å². The fourth-order valence-corrected chi connectivity index (χ4v) is 2.75. The molecule has 0 heterocycles. The molecule has 1 atom stereocenters. The van der Waals surface area contributed by atoms with E-state index in [9.17, 15) is 4.79 Å². The van der Waals surface area contributed by atoms with Gasteiger partial charge in [-0.2, -0.15) is 0 Å². The maximum Gasteiger partial charge on any atom is 0.305 e. The first kappa shape index (κ1) is 13.5. The Morgan fingerprint density at radius 2 is 2.00 bits per heavy atom. The molecule has 1 unspecified atom stereocenters. The normalized spacial score (nSPS) is 18.6. The molecule has 0 radical (unpaired) electrons. The molecule has 94 valence electrons. The lowest BCUT2D eigenvalue weighted by Gasteiger charge is -2.16. The van der Waals surface area contributed by atoms with Crippen molar-refractivity contribution in [3.8, 4) is 0 Å². The molecule has 16 heavy (non-hydrogen) atoms. The van der Waals surface area contributed by atoms with Gasteiger partial charge in [-0.15, -0.1) is 0 Å². The van der Waals surface area contributed by atoms with Gasteiger partial charge in [-0.05, 0) is 18.3 Å². The van der Waals surface area contributed by atoms with Crippen LogP contribution in [-0.2, 0) is 9.53 Å². The molecule has 0 bridgehead atoms. The molecule has 2 nitrogen and oxygen atoms in total. The maximum atomic E-state index is 11.1. The van der Waals surface area contributed by atoms with Crippen LogP contribution in [0.3, 0.4) is 0 Å². The summed E-state index contributed by atoms with van der Waals surface area (Å²) in [5.74, 6) is 1.64. The van der Waals surface area contributed by atoms with E-state index in [-0.39, 0.29) is 5.97 Å². The van der Waals surface area contributed by atoms with Crippen LogP contribution in [-0.4, -0.2) is 13.1 Å². The van der Waals surface area contributed by atoms with Crippen molar-refractivity contribution < 1.29 is 9.53 Å². The Balaban J connectivity index is 2.12. The number of carbonyl (C=O) groups excluding carboxylic acids is 1. The van der Waals surface area contributed by atoms with Crippen molar-refractivity contribution in [2.24, 2.45) is 11.8 Å². The van der Waals surface area contributed by atoms with Crippen molar-refractivity contribution in [3.05, 3.63) is 0 Å². The highest BCUT2D eigenvalue weighted by Crippen LogP contribution is 2.31. The van der Waals surface area contributed by atoms with E-state index in [1.165, 1.54) is 52.1 Å². The second-order valence-electron chi connectivity index (χ2n) is 5.12. The third-order valence-corrected chi connectivity index (χ3v) is 4.02. The standard InChI is InChI=1S/C14H26O2/c1-3-12(10-11-14(15)16-2)8-9-13-6-4-5-7-13/h12-13H,3-11H2,1-2H3. The lowest BCUT2D eigenvalue weighted by atomic mass is 9.90. The average Bonchev–Trinajstić information content (AvgIpc) is 2.81. The largest absolute Gasteiger partial charge is 0.469 e. The van der Waals surface area contributed by atoms with E-state index in [2.05, 4.69) is 11.7 Å². The van der Waals surface area contributed by atoms with Gasteiger partial charge in [0.05, 0.1) is 7.11 Å². The summed E-state index contributed by atoms with van der Waals surface area (Å²) in [6.45, 7) is 2.23. The van der Waals surface area contributed by atoms with E-state index in [0.29, 0.717) is 6.42 Å². The summed E-state index contributed by atoms with van der Waals surface area (Å²) >= 11 is 0. The van der Waals surface area contributed by atoms with E-state index < -0.39 is 0 Å². The summed E-state index contributed by atoms with van der Waals surface area (Å²) in [4.78, 5) is 11.1. The predicted molar refractivity (Wildman–Crippen MR) is 66.2 cm³/mol. The minimum atomic E-state index is -0.0562. The van der Waals surface area contributed by atoms with Crippen LogP contribution >= 0.6 is 0 Å². The molecule has 1 fully saturated rings. The summed E-state index contributed by atoms with van der Waals surface area (Å²) in [6.07, 6.45) is 11.2. The lowest BCUT2D eigenvalue weighted by molar-refractivity contribution is -0.140. The predicted octanol–water partition coefficient (Wildman–Crippen LogP) is 3.94. The monoisotopic (exact) mass is 226 g/mol. The van der Waals surface area contributed by atoms with Crippen molar-refractivity contribution >= 4 is 5.97 Å². The van der Waals surface area contributed by atoms with E-state index in [1.807, 2.05) is 0 Å². The topological polar surface area (TPSA) is 26.3 Å². The zero-order chi connectivity index (χ0) is 11.8. The second kappa shape index (κ2) is 7.70. The van der Waals surface area contributed by atoms with Crippen LogP contribution in [0.2, 0.25) is 0 Å². The zero-order valence-electron chi connectivity index (χ0n) is 10.8. The molecule has 0 amide bonds. The molecule has 0 saturated heterocycles. The summed E-state index contributed by atoms with van der Waals surface area (Å²) in [5.41, 5.74) is 0. The Morgan fingerprint density at radius 1 is 1.31 bits per heavy atom. The smallest absolute Gasteiger partial charge is 0.305 e. The summed E-state index contributed by atoms with van der Waals surface area (Å²) in [7, 11) is 1.47. The molecule has 0 N–H and O–H groups in total. The fraction of sp³-hybridized carbons (Fsp3) is 0.929. The third kappa shape index (κ3) is 5.00. The van der Waals surface area contributed by atoms with Crippen LogP contribution in [0.4, 0.5) is 0 Å². The molecule has 0 aromatic rings. The molecule has 1 aliphatic rings. The quantitative estimate of drug-likeness (QED) is 0.615. The van der Waals surface area contributed by atoms with E-state index >= 15 is 0 Å². The van der Waals surface area contributed by atoms with Crippen LogP contribution in [0, 0.1) is 11.8 Å². The number of hydrogen-bond donors (Lipinski definition) is 0. The Hall–Kier alpha value is -0.530. The molecule has 0 spiro atoms. The second-order valence-corrected chi connectivity index (χ2v) is 5.12. The highest BCUT2D eigenvalue weighted by atomic mass is 16.5. The van der Waals surface area contributed by atoms with Gasteiger partial charge in [0.25, 0.3) is 0 Å². The summed E-state index contributed by atoms with van der Waals surface area (Å²) in [5, 5.41) is 0. The van der Waals surface area contributed by atoms with Crippen molar-refractivity contribution in [1.29, 1.82) is 0 Å². The summed E-state index contributed by atoms with van der Waals surface area (Å²) < 4.78 is 4.68. The molecule has 1 aliphatic carbocycles. The zero-order valence-corrected chi connectivity index (χ0v) is 10.8. The van der Waals surface area contributed by atoms with Gasteiger partial charge in [0.1, 0.15) is 0 Å². The first-order valence-electron chi connectivity index (χ1n) is 6.83. The van der Waals surface area contributed by atoms with Crippen molar-refractivity contribution in [3.63, 3.8) is 0 Å². The third-order valence-electron chi connectivity index (χ3n) is 4.02. The Morgan fingerprint density at radius 3 is 2.56 bits per heavy atom. The Bertz CT molecular complexity index is 195. The number of hydrogen-bond acceptors (Lipinski definition) is 2. The van der Waals surface area contributed by atoms with Crippen LogP contribution in [0.15, 0.2) is 0 Å². The first-order chi connectivity index (χ1) is 7.76. The van der Waals surface area contributed by atoms with Gasteiger partial charge >= 0.3 is 5.97 Å². The van der Waals surface area contributed by atoms with Gasteiger partial charge in [-0.3, -0.25) is 4.79 Å². The first-order valence-corrected chi connectivity index (χ1v) is 6.83. The number of methoxy groups -OCH3 is 1. The Kier molecular flexibility index (Phi) is 6.51. The molecule has 1 saturated carbocycles. The van der Waals surface area contributed by atoms with Gasteiger partial charge in [0.2, 0.25) is 0 Å². The number of carbonyl (C=O) groups is 1. The van der Waals surface area contributed by atoms with E-state index in [0.717, 1.165) is 18.3 Å². The minimum absolute atomic E-state index is 0.0562. The van der Waals surface area contributed by atoms with E-state index in [1.54, 1.807) is 0 Å². The SMILES string of the molecule is CCC(CCC(=O)OC)CCC1CCCC1. The maximum absolute atomic E-state index is 11.1.